The molecule has 2 aromatic rings. The van der Waals surface area contributed by atoms with Crippen LogP contribution in [0.15, 0.2) is 42.5 Å². The largest absolute Gasteiger partial charge is 0.497 e. The van der Waals surface area contributed by atoms with Crippen molar-refractivity contribution < 1.29 is 19.1 Å². The average molecular weight is 357 g/mol. The molecule has 0 aliphatic rings. The van der Waals surface area contributed by atoms with Crippen molar-refractivity contribution in [3.8, 4) is 11.5 Å². The van der Waals surface area contributed by atoms with Crippen LogP contribution in [0.1, 0.15) is 15.9 Å². The Morgan fingerprint density at radius 3 is 2.35 bits per heavy atom. The zero-order valence-corrected chi connectivity index (χ0v) is 15.1. The van der Waals surface area contributed by atoms with E-state index in [1.165, 1.54) is 0 Å². The third-order valence-corrected chi connectivity index (χ3v) is 3.80. The zero-order valence-electron chi connectivity index (χ0n) is 15.1. The predicted molar refractivity (Wildman–Crippen MR) is 99.5 cm³/mol. The molecule has 7 heteroatoms. The number of likely N-dealkylation sites (N-methyl/N-ethyl adjacent to an activating group) is 1. The number of benzene rings is 2. The molecular formula is C19H23N3O4. The highest BCUT2D eigenvalue weighted by Gasteiger charge is 2.11. The number of ether oxygens (including phenoxy) is 2. The summed E-state index contributed by atoms with van der Waals surface area (Å²) in [5, 5.41) is 2.79. The van der Waals surface area contributed by atoms with Gasteiger partial charge in [0, 0.05) is 29.4 Å². The Labute approximate surface area is 152 Å². The van der Waals surface area contributed by atoms with Crippen LogP contribution in [0.4, 0.5) is 5.69 Å². The van der Waals surface area contributed by atoms with Crippen molar-refractivity contribution in [2.45, 2.75) is 6.54 Å². The molecule has 0 aromatic heterocycles. The van der Waals surface area contributed by atoms with Crippen molar-refractivity contribution >= 4 is 17.5 Å². The van der Waals surface area contributed by atoms with Gasteiger partial charge in [-0.25, -0.2) is 0 Å². The number of hydrogen-bond donors (Lipinski definition) is 2. The van der Waals surface area contributed by atoms with E-state index in [0.717, 1.165) is 5.56 Å². The van der Waals surface area contributed by atoms with E-state index >= 15 is 0 Å². The van der Waals surface area contributed by atoms with Gasteiger partial charge >= 0.3 is 0 Å². The van der Waals surface area contributed by atoms with Gasteiger partial charge in [0.05, 0.1) is 20.8 Å². The van der Waals surface area contributed by atoms with Crippen LogP contribution in [0.5, 0.6) is 11.5 Å². The van der Waals surface area contributed by atoms with Gasteiger partial charge in [-0.3, -0.25) is 14.5 Å². The van der Waals surface area contributed by atoms with Crippen molar-refractivity contribution in [3.05, 3.63) is 53.6 Å². The summed E-state index contributed by atoms with van der Waals surface area (Å²) in [6.07, 6.45) is 0. The third-order valence-electron chi connectivity index (χ3n) is 3.80. The summed E-state index contributed by atoms with van der Waals surface area (Å²) in [6.45, 7) is 0.744. The fourth-order valence-electron chi connectivity index (χ4n) is 2.49. The molecule has 0 saturated heterocycles. The molecule has 0 aliphatic heterocycles. The van der Waals surface area contributed by atoms with Gasteiger partial charge in [-0.15, -0.1) is 0 Å². The lowest BCUT2D eigenvalue weighted by atomic mass is 10.1. The van der Waals surface area contributed by atoms with E-state index in [9.17, 15) is 9.59 Å². The van der Waals surface area contributed by atoms with E-state index < -0.39 is 5.91 Å². The maximum atomic E-state index is 12.2. The van der Waals surface area contributed by atoms with Gasteiger partial charge < -0.3 is 20.5 Å². The molecule has 2 aromatic carbocycles. The molecule has 26 heavy (non-hydrogen) atoms. The molecule has 0 aliphatic carbocycles. The number of carbonyl (C=O) groups excluding carboxylic acids is 2. The van der Waals surface area contributed by atoms with Crippen LogP contribution < -0.4 is 20.5 Å². The number of anilines is 1. The van der Waals surface area contributed by atoms with Crippen LogP contribution >= 0.6 is 0 Å². The molecule has 7 nitrogen and oxygen atoms in total. The molecular weight excluding hydrogens is 334 g/mol. The molecule has 0 bridgehead atoms. The molecule has 0 atom stereocenters. The number of nitrogens with one attached hydrogen (secondary N) is 1. The number of carbonyl (C=O) groups is 2. The first-order valence-electron chi connectivity index (χ1n) is 8.02. The summed E-state index contributed by atoms with van der Waals surface area (Å²) in [7, 11) is 5.04. The maximum absolute atomic E-state index is 12.2. The molecule has 0 saturated carbocycles. The number of amides is 2. The molecule has 2 amide bonds. The number of nitrogens with zero attached hydrogens (tertiary/aromatic N) is 1. The molecule has 0 fully saturated rings. The van der Waals surface area contributed by atoms with Gasteiger partial charge in [-0.05, 0) is 37.4 Å². The minimum absolute atomic E-state index is 0.160. The van der Waals surface area contributed by atoms with Gasteiger partial charge in [0.1, 0.15) is 11.5 Å². The highest BCUT2D eigenvalue weighted by molar-refractivity contribution is 5.95. The fourth-order valence-corrected chi connectivity index (χ4v) is 2.49. The smallest absolute Gasteiger partial charge is 0.248 e. The van der Waals surface area contributed by atoms with Gasteiger partial charge in [0.25, 0.3) is 0 Å². The summed E-state index contributed by atoms with van der Waals surface area (Å²) >= 11 is 0. The zero-order chi connectivity index (χ0) is 19.1. The minimum atomic E-state index is -0.504. The SMILES string of the molecule is COc1ccc(CN(C)CC(=O)Nc2ccc(C(N)=O)cc2)c(OC)c1. The second kappa shape index (κ2) is 8.87. The van der Waals surface area contributed by atoms with Gasteiger partial charge in [-0.2, -0.15) is 0 Å². The first-order chi connectivity index (χ1) is 12.4. The van der Waals surface area contributed by atoms with Crippen molar-refractivity contribution in [1.29, 1.82) is 0 Å². The highest BCUT2D eigenvalue weighted by Crippen LogP contribution is 2.25. The summed E-state index contributed by atoms with van der Waals surface area (Å²) in [4.78, 5) is 25.1. The Hall–Kier alpha value is -3.06. The van der Waals surface area contributed by atoms with E-state index in [0.29, 0.717) is 29.3 Å². The first kappa shape index (κ1) is 19.3. The molecule has 3 N–H and O–H groups in total. The van der Waals surface area contributed by atoms with Crippen molar-refractivity contribution in [2.24, 2.45) is 5.73 Å². The molecule has 138 valence electrons. The summed E-state index contributed by atoms with van der Waals surface area (Å²) in [5.41, 5.74) is 7.15. The monoisotopic (exact) mass is 357 g/mol. The number of hydrogen-bond acceptors (Lipinski definition) is 5. The quantitative estimate of drug-likeness (QED) is 0.752. The number of primary amides is 1. The van der Waals surface area contributed by atoms with Crippen LogP contribution in [0.3, 0.4) is 0 Å². The van der Waals surface area contributed by atoms with E-state index in [-0.39, 0.29) is 12.5 Å². The van der Waals surface area contributed by atoms with E-state index in [1.807, 2.05) is 30.1 Å². The van der Waals surface area contributed by atoms with E-state index in [2.05, 4.69) is 5.32 Å². The Kier molecular flexibility index (Phi) is 6.57. The Morgan fingerprint density at radius 2 is 1.77 bits per heavy atom. The number of nitrogens with two attached hydrogens (primary N) is 1. The standard InChI is InChI=1S/C19H23N3O4/c1-22(11-14-6-9-16(25-2)10-17(14)26-3)12-18(23)21-15-7-4-13(5-8-15)19(20)24/h4-10H,11-12H2,1-3H3,(H2,20,24)(H,21,23). The van der Waals surface area contributed by atoms with Crippen LogP contribution in [-0.4, -0.2) is 44.5 Å². The molecule has 0 unspecified atom stereocenters. The third kappa shape index (κ3) is 5.22. The Morgan fingerprint density at radius 1 is 1.08 bits per heavy atom. The van der Waals surface area contributed by atoms with Crippen molar-refractivity contribution in [2.75, 3.05) is 33.1 Å². The molecule has 2 rings (SSSR count). The highest BCUT2D eigenvalue weighted by atomic mass is 16.5. The predicted octanol–water partition coefficient (Wildman–Crippen LogP) is 1.87. The summed E-state index contributed by atoms with van der Waals surface area (Å²) in [5.74, 6) is 0.756. The van der Waals surface area contributed by atoms with Crippen LogP contribution in [0, 0.1) is 0 Å². The fraction of sp³-hybridized carbons (Fsp3) is 0.263. The van der Waals surface area contributed by atoms with E-state index in [1.54, 1.807) is 38.5 Å². The minimum Gasteiger partial charge on any atom is -0.497 e. The second-order valence-corrected chi connectivity index (χ2v) is 5.84. The number of methoxy groups -OCH3 is 2. The van der Waals surface area contributed by atoms with Crippen LogP contribution in [0.25, 0.3) is 0 Å². The van der Waals surface area contributed by atoms with Crippen LogP contribution in [0.2, 0.25) is 0 Å². The lowest BCUT2D eigenvalue weighted by Gasteiger charge is -2.18. The van der Waals surface area contributed by atoms with Gasteiger partial charge in [0.2, 0.25) is 11.8 Å². The summed E-state index contributed by atoms with van der Waals surface area (Å²) < 4.78 is 10.6. The molecule has 0 heterocycles. The summed E-state index contributed by atoms with van der Waals surface area (Å²) in [6, 6.07) is 12.0. The topological polar surface area (TPSA) is 93.9 Å². The van der Waals surface area contributed by atoms with Crippen LogP contribution in [-0.2, 0) is 11.3 Å². The lowest BCUT2D eigenvalue weighted by Crippen LogP contribution is -2.30. The van der Waals surface area contributed by atoms with E-state index in [4.69, 9.17) is 15.2 Å². The van der Waals surface area contributed by atoms with Gasteiger partial charge in [0.15, 0.2) is 0 Å². The molecule has 0 radical (unpaired) electrons. The second-order valence-electron chi connectivity index (χ2n) is 5.84. The first-order valence-corrected chi connectivity index (χ1v) is 8.02. The van der Waals surface area contributed by atoms with Gasteiger partial charge in [-0.1, -0.05) is 6.07 Å². The van der Waals surface area contributed by atoms with Crippen molar-refractivity contribution in [3.63, 3.8) is 0 Å². The normalized spacial score (nSPS) is 10.5. The Balaban J connectivity index is 1.93. The number of rotatable bonds is 8. The molecule has 0 spiro atoms. The average Bonchev–Trinajstić information content (AvgIpc) is 2.62. The van der Waals surface area contributed by atoms with Crippen molar-refractivity contribution in [1.82, 2.24) is 4.90 Å². The maximum Gasteiger partial charge on any atom is 0.248 e. The lowest BCUT2D eigenvalue weighted by molar-refractivity contribution is -0.117. The Bertz CT molecular complexity index is 775.